The molecule has 0 saturated carbocycles. The molecule has 1 aromatic carbocycles. The molecule has 0 aromatic heterocycles. The summed E-state index contributed by atoms with van der Waals surface area (Å²) in [5.41, 5.74) is 1.66. The highest BCUT2D eigenvalue weighted by Crippen LogP contribution is 2.45. The number of rotatable bonds is 3. The van der Waals surface area contributed by atoms with E-state index in [0.717, 1.165) is 17.5 Å². The van der Waals surface area contributed by atoms with Crippen molar-refractivity contribution in [3.05, 3.63) is 35.4 Å². The van der Waals surface area contributed by atoms with Gasteiger partial charge in [0.15, 0.2) is 5.78 Å². The molecule has 88 valence electrons. The smallest absolute Gasteiger partial charge is 0.169 e. The van der Waals surface area contributed by atoms with Crippen molar-refractivity contribution in [3.63, 3.8) is 0 Å². The third-order valence-corrected chi connectivity index (χ3v) is 4.01. The molecule has 0 aliphatic heterocycles. The topological polar surface area (TPSA) is 40.9 Å². The van der Waals surface area contributed by atoms with E-state index in [9.17, 15) is 4.79 Å². The number of ketones is 1. The third-order valence-electron chi connectivity index (χ3n) is 4.01. The van der Waals surface area contributed by atoms with Gasteiger partial charge in [-0.3, -0.25) is 4.79 Å². The van der Waals surface area contributed by atoms with Crippen molar-refractivity contribution in [2.45, 2.75) is 33.1 Å². The van der Waals surface area contributed by atoms with E-state index in [2.05, 4.69) is 19.9 Å². The van der Waals surface area contributed by atoms with Crippen LogP contribution in [0, 0.1) is 22.7 Å². The standard InChI is InChI=1S/C15H17NO/c1-11(2)15(8-5-9-16)10-12-6-3-4-7-13(12)14(15)17/h3-4,6-7,11H,5,8,10H2,1-2H3/t15-/m0/s1. The lowest BCUT2D eigenvalue weighted by Gasteiger charge is -2.30. The van der Waals surface area contributed by atoms with Crippen LogP contribution in [0.3, 0.4) is 0 Å². The van der Waals surface area contributed by atoms with Crippen LogP contribution in [0.25, 0.3) is 0 Å². The molecule has 0 fully saturated rings. The molecule has 1 aliphatic carbocycles. The molecular formula is C15H17NO. The quantitative estimate of drug-likeness (QED) is 0.794. The van der Waals surface area contributed by atoms with Gasteiger partial charge in [0.2, 0.25) is 0 Å². The first kappa shape index (κ1) is 11.9. The maximum Gasteiger partial charge on any atom is 0.169 e. The largest absolute Gasteiger partial charge is 0.294 e. The van der Waals surface area contributed by atoms with Crippen molar-refractivity contribution in [3.8, 4) is 6.07 Å². The lowest BCUT2D eigenvalue weighted by atomic mass is 9.71. The number of hydrogen-bond donors (Lipinski definition) is 0. The van der Waals surface area contributed by atoms with E-state index in [1.54, 1.807) is 0 Å². The van der Waals surface area contributed by atoms with Crippen molar-refractivity contribution in [2.75, 3.05) is 0 Å². The molecule has 2 nitrogen and oxygen atoms in total. The zero-order chi connectivity index (χ0) is 12.5. The zero-order valence-electron chi connectivity index (χ0n) is 10.4. The molecule has 0 radical (unpaired) electrons. The van der Waals surface area contributed by atoms with E-state index < -0.39 is 0 Å². The highest BCUT2D eigenvalue weighted by molar-refractivity contribution is 6.05. The molecule has 0 spiro atoms. The first-order valence-corrected chi connectivity index (χ1v) is 6.11. The van der Waals surface area contributed by atoms with Crippen molar-refractivity contribution in [1.82, 2.24) is 0 Å². The number of hydrogen-bond acceptors (Lipinski definition) is 2. The van der Waals surface area contributed by atoms with Gasteiger partial charge in [0.1, 0.15) is 0 Å². The second-order valence-electron chi connectivity index (χ2n) is 5.13. The summed E-state index contributed by atoms with van der Waals surface area (Å²) >= 11 is 0. The van der Waals surface area contributed by atoms with E-state index in [4.69, 9.17) is 5.26 Å². The molecule has 1 aromatic rings. The maximum absolute atomic E-state index is 12.6. The van der Waals surface area contributed by atoms with Crippen LogP contribution in [-0.2, 0) is 6.42 Å². The predicted octanol–water partition coefficient (Wildman–Crippen LogP) is 3.37. The van der Waals surface area contributed by atoms with Crippen LogP contribution in [0.15, 0.2) is 24.3 Å². The fourth-order valence-electron chi connectivity index (χ4n) is 2.82. The van der Waals surface area contributed by atoms with E-state index >= 15 is 0 Å². The molecule has 2 heteroatoms. The molecule has 0 N–H and O–H groups in total. The van der Waals surface area contributed by atoms with Crippen LogP contribution in [-0.4, -0.2) is 5.78 Å². The van der Waals surface area contributed by atoms with Gasteiger partial charge < -0.3 is 0 Å². The highest BCUT2D eigenvalue weighted by atomic mass is 16.1. The van der Waals surface area contributed by atoms with Crippen LogP contribution in [0.2, 0.25) is 0 Å². The van der Waals surface area contributed by atoms with Gasteiger partial charge in [-0.1, -0.05) is 38.1 Å². The summed E-state index contributed by atoms with van der Waals surface area (Å²) in [6.45, 7) is 4.17. The van der Waals surface area contributed by atoms with E-state index in [1.807, 2.05) is 24.3 Å². The predicted molar refractivity (Wildman–Crippen MR) is 66.6 cm³/mol. The van der Waals surface area contributed by atoms with Gasteiger partial charge in [-0.05, 0) is 24.3 Å². The van der Waals surface area contributed by atoms with Gasteiger partial charge in [-0.2, -0.15) is 5.26 Å². The number of carbonyl (C=O) groups is 1. The van der Waals surface area contributed by atoms with Crippen LogP contribution in [0.4, 0.5) is 0 Å². The Balaban J connectivity index is 2.40. The fourth-order valence-corrected chi connectivity index (χ4v) is 2.82. The Morgan fingerprint density at radius 2 is 2.12 bits per heavy atom. The fraction of sp³-hybridized carbons (Fsp3) is 0.467. The monoisotopic (exact) mass is 227 g/mol. The Morgan fingerprint density at radius 1 is 1.41 bits per heavy atom. The van der Waals surface area contributed by atoms with Crippen LogP contribution >= 0.6 is 0 Å². The molecule has 0 heterocycles. The first-order chi connectivity index (χ1) is 8.12. The number of Topliss-reactive ketones (excluding diaryl/α,β-unsaturated/α-hetero) is 1. The summed E-state index contributed by atoms with van der Waals surface area (Å²) in [6, 6.07) is 10.0. The highest BCUT2D eigenvalue weighted by Gasteiger charge is 2.46. The minimum atomic E-state index is -0.348. The maximum atomic E-state index is 12.6. The molecule has 0 amide bonds. The Bertz CT molecular complexity index is 484. The number of nitrogens with zero attached hydrogens (tertiary/aromatic N) is 1. The number of benzene rings is 1. The number of carbonyl (C=O) groups excluding carboxylic acids is 1. The lowest BCUT2D eigenvalue weighted by molar-refractivity contribution is 0.0717. The van der Waals surface area contributed by atoms with Gasteiger partial charge in [-0.25, -0.2) is 0 Å². The molecule has 0 bridgehead atoms. The Morgan fingerprint density at radius 3 is 2.71 bits per heavy atom. The molecular weight excluding hydrogens is 210 g/mol. The summed E-state index contributed by atoms with van der Waals surface area (Å²) < 4.78 is 0. The number of nitriles is 1. The average Bonchev–Trinajstić information content (AvgIpc) is 2.62. The zero-order valence-corrected chi connectivity index (χ0v) is 10.4. The minimum Gasteiger partial charge on any atom is -0.294 e. The van der Waals surface area contributed by atoms with Crippen molar-refractivity contribution in [1.29, 1.82) is 5.26 Å². The lowest BCUT2D eigenvalue weighted by Crippen LogP contribution is -2.33. The molecule has 0 saturated heterocycles. The van der Waals surface area contributed by atoms with Gasteiger partial charge in [-0.15, -0.1) is 0 Å². The summed E-state index contributed by atoms with van der Waals surface area (Å²) in [5, 5.41) is 8.76. The summed E-state index contributed by atoms with van der Waals surface area (Å²) in [4.78, 5) is 12.6. The SMILES string of the molecule is CC(C)[C@]1(CCC#N)Cc2ccccc2C1=O. The Kier molecular flexibility index (Phi) is 3.02. The summed E-state index contributed by atoms with van der Waals surface area (Å²) in [6.07, 6.45) is 1.92. The van der Waals surface area contributed by atoms with Crippen molar-refractivity contribution < 1.29 is 4.79 Å². The first-order valence-electron chi connectivity index (χ1n) is 6.11. The van der Waals surface area contributed by atoms with Gasteiger partial charge in [0.25, 0.3) is 0 Å². The van der Waals surface area contributed by atoms with Gasteiger partial charge >= 0.3 is 0 Å². The molecule has 2 rings (SSSR count). The molecule has 1 aliphatic rings. The minimum absolute atomic E-state index is 0.235. The summed E-state index contributed by atoms with van der Waals surface area (Å²) in [7, 11) is 0. The Hall–Kier alpha value is -1.62. The van der Waals surface area contributed by atoms with Crippen LogP contribution in [0.5, 0.6) is 0 Å². The molecule has 1 atom stereocenters. The van der Waals surface area contributed by atoms with Crippen molar-refractivity contribution >= 4 is 5.78 Å². The second kappa shape index (κ2) is 4.33. The molecule has 0 unspecified atom stereocenters. The number of fused-ring (bicyclic) bond motifs is 1. The van der Waals surface area contributed by atoms with Gasteiger partial charge in [0, 0.05) is 17.4 Å². The van der Waals surface area contributed by atoms with Crippen LogP contribution in [0.1, 0.15) is 42.6 Å². The summed E-state index contributed by atoms with van der Waals surface area (Å²) in [5.74, 6) is 0.508. The average molecular weight is 227 g/mol. The second-order valence-corrected chi connectivity index (χ2v) is 5.13. The van der Waals surface area contributed by atoms with E-state index in [1.165, 1.54) is 0 Å². The Labute approximate surface area is 102 Å². The molecule has 17 heavy (non-hydrogen) atoms. The van der Waals surface area contributed by atoms with E-state index in [0.29, 0.717) is 12.8 Å². The van der Waals surface area contributed by atoms with Gasteiger partial charge in [0.05, 0.1) is 6.07 Å². The van der Waals surface area contributed by atoms with Crippen LogP contribution < -0.4 is 0 Å². The third kappa shape index (κ3) is 1.76. The van der Waals surface area contributed by atoms with Crippen molar-refractivity contribution in [2.24, 2.45) is 11.3 Å². The normalized spacial score (nSPS) is 22.6. The van der Waals surface area contributed by atoms with E-state index in [-0.39, 0.29) is 17.1 Å².